The van der Waals surface area contributed by atoms with Crippen molar-refractivity contribution in [2.45, 2.75) is 19.3 Å². The van der Waals surface area contributed by atoms with Crippen molar-refractivity contribution in [1.29, 1.82) is 0 Å². The van der Waals surface area contributed by atoms with E-state index in [2.05, 4.69) is 12.1 Å². The van der Waals surface area contributed by atoms with Crippen LogP contribution in [0.2, 0.25) is 0 Å². The second kappa shape index (κ2) is 4.40. The molecule has 1 N–H and O–H groups in total. The third-order valence-corrected chi connectivity index (χ3v) is 1.58. The van der Waals surface area contributed by atoms with Crippen LogP contribution in [-0.2, 0) is 11.2 Å². The summed E-state index contributed by atoms with van der Waals surface area (Å²) in [6, 6.07) is 11.2. The molecule has 2 nitrogen and oxygen atoms in total. The van der Waals surface area contributed by atoms with Gasteiger partial charge in [-0.1, -0.05) is 18.2 Å². The van der Waals surface area contributed by atoms with Gasteiger partial charge >= 0.3 is 5.97 Å². The molecule has 0 fully saturated rings. The molecular formula is C10H10O2. The molecule has 0 radical (unpaired) electrons. The fourth-order valence-corrected chi connectivity index (χ4v) is 0.979. The van der Waals surface area contributed by atoms with E-state index >= 15 is 0 Å². The van der Waals surface area contributed by atoms with Crippen molar-refractivity contribution in [3.8, 4) is 0 Å². The summed E-state index contributed by atoms with van der Waals surface area (Å²) in [5.74, 6) is -0.735. The van der Waals surface area contributed by atoms with Crippen molar-refractivity contribution in [3.63, 3.8) is 0 Å². The maximum Gasteiger partial charge on any atom is 0.303 e. The summed E-state index contributed by atoms with van der Waals surface area (Å²) in [4.78, 5) is 10.2. The first-order chi connectivity index (χ1) is 5.79. The number of rotatable bonds is 4. The SMILES string of the molecule is O=C(O)CCCc1cc#ccc1. The van der Waals surface area contributed by atoms with Gasteiger partial charge < -0.3 is 5.11 Å². The summed E-state index contributed by atoms with van der Waals surface area (Å²) >= 11 is 0. The maximum absolute atomic E-state index is 10.2. The smallest absolute Gasteiger partial charge is 0.303 e. The van der Waals surface area contributed by atoms with Gasteiger partial charge in [-0.15, -0.1) is 0 Å². The lowest BCUT2D eigenvalue weighted by molar-refractivity contribution is -0.137. The van der Waals surface area contributed by atoms with E-state index < -0.39 is 5.97 Å². The van der Waals surface area contributed by atoms with E-state index in [1.54, 1.807) is 6.07 Å². The Morgan fingerprint density at radius 1 is 1.50 bits per heavy atom. The summed E-state index contributed by atoms with van der Waals surface area (Å²) < 4.78 is 0. The van der Waals surface area contributed by atoms with Crippen LogP contribution in [0.25, 0.3) is 0 Å². The quantitative estimate of drug-likeness (QED) is 0.731. The lowest BCUT2D eigenvalue weighted by Gasteiger charge is -1.95. The second-order valence-electron chi connectivity index (χ2n) is 2.59. The van der Waals surface area contributed by atoms with Gasteiger partial charge in [0, 0.05) is 6.42 Å². The minimum absolute atomic E-state index is 0.235. The molecule has 0 amide bonds. The van der Waals surface area contributed by atoms with Crippen LogP contribution in [-0.4, -0.2) is 11.1 Å². The summed E-state index contributed by atoms with van der Waals surface area (Å²) in [6.07, 6.45) is 1.73. The van der Waals surface area contributed by atoms with Gasteiger partial charge in [0.05, 0.1) is 0 Å². The molecule has 12 heavy (non-hydrogen) atoms. The van der Waals surface area contributed by atoms with Crippen LogP contribution in [0.4, 0.5) is 0 Å². The van der Waals surface area contributed by atoms with E-state index in [0.29, 0.717) is 6.42 Å². The van der Waals surface area contributed by atoms with Crippen molar-refractivity contribution >= 4 is 5.97 Å². The first kappa shape index (κ1) is 8.61. The van der Waals surface area contributed by atoms with Crippen LogP contribution in [0.5, 0.6) is 0 Å². The number of carboxylic acids is 1. The van der Waals surface area contributed by atoms with Crippen molar-refractivity contribution in [2.75, 3.05) is 0 Å². The number of hydrogen-bond donors (Lipinski definition) is 1. The second-order valence-corrected chi connectivity index (χ2v) is 2.59. The van der Waals surface area contributed by atoms with Crippen molar-refractivity contribution in [2.24, 2.45) is 0 Å². The minimum Gasteiger partial charge on any atom is -0.481 e. The molecular weight excluding hydrogens is 152 g/mol. The highest BCUT2D eigenvalue weighted by Crippen LogP contribution is 2.01. The molecule has 1 rings (SSSR count). The van der Waals surface area contributed by atoms with E-state index in [4.69, 9.17) is 5.11 Å². The molecule has 2 heteroatoms. The standard InChI is InChI=1S/C10H10O2/c11-10(12)8-4-7-9-5-2-1-3-6-9/h2,5-6H,4,7-8H2,(H,11,12). The summed E-state index contributed by atoms with van der Waals surface area (Å²) in [7, 11) is 0. The lowest BCUT2D eigenvalue weighted by atomic mass is 10.1. The Kier molecular flexibility index (Phi) is 3.16. The van der Waals surface area contributed by atoms with Gasteiger partial charge in [-0.2, -0.15) is 0 Å². The molecule has 0 aliphatic rings. The average Bonchev–Trinajstić information content (AvgIpc) is 2.05. The van der Waals surface area contributed by atoms with Crippen LogP contribution in [0.1, 0.15) is 18.4 Å². The molecule has 1 aromatic rings. The molecule has 0 aromatic heterocycles. The molecule has 0 aliphatic heterocycles. The van der Waals surface area contributed by atoms with Crippen LogP contribution >= 0.6 is 0 Å². The first-order valence-electron chi connectivity index (χ1n) is 3.87. The fraction of sp³-hybridized carbons (Fsp3) is 0.300. The van der Waals surface area contributed by atoms with Gasteiger partial charge in [-0.3, -0.25) is 4.79 Å². The predicted octanol–water partition coefficient (Wildman–Crippen LogP) is 1.69. The Bertz CT molecular complexity index is 241. The molecule has 0 heterocycles. The van der Waals surface area contributed by atoms with E-state index in [-0.39, 0.29) is 6.42 Å². The molecule has 1 aromatic carbocycles. The zero-order valence-electron chi connectivity index (χ0n) is 6.71. The van der Waals surface area contributed by atoms with Gasteiger partial charge in [-0.05, 0) is 30.5 Å². The molecule has 62 valence electrons. The highest BCUT2D eigenvalue weighted by atomic mass is 16.4. The van der Waals surface area contributed by atoms with Crippen molar-refractivity contribution < 1.29 is 9.90 Å². The zero-order chi connectivity index (χ0) is 8.81. The summed E-state index contributed by atoms with van der Waals surface area (Å²) in [6.45, 7) is 0. The summed E-state index contributed by atoms with van der Waals surface area (Å²) in [5, 5.41) is 8.38. The van der Waals surface area contributed by atoms with E-state index in [1.165, 1.54) is 0 Å². The van der Waals surface area contributed by atoms with Gasteiger partial charge in [0.2, 0.25) is 0 Å². The molecule has 0 unspecified atom stereocenters. The number of aliphatic carboxylic acids is 1. The monoisotopic (exact) mass is 162 g/mol. The minimum atomic E-state index is -0.735. The highest BCUT2D eigenvalue weighted by molar-refractivity contribution is 5.66. The van der Waals surface area contributed by atoms with Gasteiger partial charge in [0.25, 0.3) is 0 Å². The molecule has 0 saturated heterocycles. The van der Waals surface area contributed by atoms with E-state index in [0.717, 1.165) is 12.0 Å². The molecule has 0 atom stereocenters. The van der Waals surface area contributed by atoms with Crippen LogP contribution in [0.15, 0.2) is 18.2 Å². The Labute approximate surface area is 71.8 Å². The number of hydrogen-bond acceptors (Lipinski definition) is 1. The van der Waals surface area contributed by atoms with Gasteiger partial charge in [0.1, 0.15) is 0 Å². The van der Waals surface area contributed by atoms with Crippen LogP contribution in [0.3, 0.4) is 0 Å². The Balaban J connectivity index is 2.29. The molecule has 0 saturated carbocycles. The topological polar surface area (TPSA) is 37.3 Å². The van der Waals surface area contributed by atoms with Crippen molar-refractivity contribution in [3.05, 3.63) is 35.9 Å². The molecule has 0 bridgehead atoms. The number of aryl methyl sites for hydroxylation is 1. The molecule has 0 spiro atoms. The van der Waals surface area contributed by atoms with Crippen LogP contribution < -0.4 is 0 Å². The zero-order valence-corrected chi connectivity index (χ0v) is 6.71. The third kappa shape index (κ3) is 3.07. The molecule has 0 aliphatic carbocycles. The summed E-state index contributed by atoms with van der Waals surface area (Å²) in [5.41, 5.74) is 1.12. The fourth-order valence-electron chi connectivity index (χ4n) is 0.979. The predicted molar refractivity (Wildman–Crippen MR) is 44.7 cm³/mol. The first-order valence-corrected chi connectivity index (χ1v) is 3.87. The van der Waals surface area contributed by atoms with E-state index in [1.807, 2.05) is 12.1 Å². The highest BCUT2D eigenvalue weighted by Gasteiger charge is 1.96. The Morgan fingerprint density at radius 3 is 2.92 bits per heavy atom. The normalized spacial score (nSPS) is 9.00. The van der Waals surface area contributed by atoms with Crippen LogP contribution in [0, 0.1) is 12.1 Å². The number of carboxylic acid groups (broad SMARTS) is 1. The van der Waals surface area contributed by atoms with Crippen molar-refractivity contribution in [1.82, 2.24) is 0 Å². The Morgan fingerprint density at radius 2 is 2.33 bits per heavy atom. The number of carbonyl (C=O) groups is 1. The third-order valence-electron chi connectivity index (χ3n) is 1.58. The lowest BCUT2D eigenvalue weighted by Crippen LogP contribution is -1.95. The maximum atomic E-state index is 10.2. The van der Waals surface area contributed by atoms with Gasteiger partial charge in [0.15, 0.2) is 0 Å². The van der Waals surface area contributed by atoms with E-state index in [9.17, 15) is 4.79 Å². The Hall–Kier alpha value is -1.49. The average molecular weight is 162 g/mol. The largest absolute Gasteiger partial charge is 0.481 e. The van der Waals surface area contributed by atoms with Gasteiger partial charge in [-0.25, -0.2) is 0 Å².